The molecule has 0 bridgehead atoms. The van der Waals surface area contributed by atoms with Gasteiger partial charge < -0.3 is 9.84 Å². The van der Waals surface area contributed by atoms with Gasteiger partial charge in [-0.05, 0) is 19.4 Å². The van der Waals surface area contributed by atoms with Gasteiger partial charge in [0, 0.05) is 12.0 Å². The molecule has 0 saturated carbocycles. The zero-order valence-corrected chi connectivity index (χ0v) is 8.26. The molecule has 1 N–H and O–H groups in total. The first kappa shape index (κ1) is 10.1. The van der Waals surface area contributed by atoms with Crippen LogP contribution in [0.15, 0.2) is 22.4 Å². The van der Waals surface area contributed by atoms with E-state index in [1.165, 1.54) is 12.5 Å². The highest BCUT2D eigenvalue weighted by Crippen LogP contribution is 2.24. The summed E-state index contributed by atoms with van der Waals surface area (Å²) < 4.78 is 5.01. The van der Waals surface area contributed by atoms with Crippen LogP contribution in [-0.4, -0.2) is 17.2 Å². The molecule has 0 aromatic rings. The van der Waals surface area contributed by atoms with Gasteiger partial charge in [0.25, 0.3) is 0 Å². The highest BCUT2D eigenvalue weighted by atomic mass is 35.5. The van der Waals surface area contributed by atoms with Gasteiger partial charge in [-0.25, -0.2) is 4.79 Å². The SMILES string of the molecule is CC1=C(O)CC(/C(C)=C/Cl)OC1=O. The summed E-state index contributed by atoms with van der Waals surface area (Å²) >= 11 is 5.47. The van der Waals surface area contributed by atoms with Gasteiger partial charge in [-0.1, -0.05) is 11.6 Å². The number of ether oxygens (including phenoxy) is 1. The number of halogens is 1. The minimum atomic E-state index is -0.480. The second kappa shape index (κ2) is 3.83. The third-order valence-corrected chi connectivity index (χ3v) is 2.39. The van der Waals surface area contributed by atoms with Crippen molar-refractivity contribution in [3.63, 3.8) is 0 Å². The van der Waals surface area contributed by atoms with Gasteiger partial charge in [-0.15, -0.1) is 0 Å². The highest BCUT2D eigenvalue weighted by Gasteiger charge is 2.26. The van der Waals surface area contributed by atoms with Gasteiger partial charge in [-0.2, -0.15) is 0 Å². The molecular weight excluding hydrogens is 192 g/mol. The molecule has 1 heterocycles. The molecule has 0 saturated heterocycles. The van der Waals surface area contributed by atoms with E-state index in [0.717, 1.165) is 5.57 Å². The summed E-state index contributed by atoms with van der Waals surface area (Å²) in [5.41, 5.74) is 2.36. The Bertz CT molecular complexity index is 291. The number of carbonyl (C=O) groups excluding carboxylic acids is 1. The first-order valence-corrected chi connectivity index (χ1v) is 4.36. The average Bonchev–Trinajstić information content (AvgIpc) is 2.12. The Balaban J connectivity index is 2.86. The lowest BCUT2D eigenvalue weighted by Crippen LogP contribution is -2.26. The Morgan fingerprint density at radius 1 is 1.77 bits per heavy atom. The molecule has 1 rings (SSSR count). The van der Waals surface area contributed by atoms with Crippen molar-refractivity contribution in [2.75, 3.05) is 0 Å². The van der Waals surface area contributed by atoms with Gasteiger partial charge >= 0.3 is 5.97 Å². The highest BCUT2D eigenvalue weighted by molar-refractivity contribution is 6.25. The van der Waals surface area contributed by atoms with Crippen molar-refractivity contribution in [2.45, 2.75) is 26.4 Å². The summed E-state index contributed by atoms with van der Waals surface area (Å²) in [5.74, 6) is -0.397. The standard InChI is InChI=1S/C9H11ClO3/c1-5(4-10)8-3-7(11)6(2)9(12)13-8/h4,8,11H,3H2,1-2H3/b5-4+. The summed E-state index contributed by atoms with van der Waals surface area (Å²) in [5, 5.41) is 9.37. The van der Waals surface area contributed by atoms with Crippen LogP contribution in [0.3, 0.4) is 0 Å². The van der Waals surface area contributed by atoms with Crippen LogP contribution >= 0.6 is 11.6 Å². The lowest BCUT2D eigenvalue weighted by Gasteiger charge is -2.23. The van der Waals surface area contributed by atoms with Crippen LogP contribution in [0.1, 0.15) is 20.3 Å². The Hall–Kier alpha value is -0.960. The topological polar surface area (TPSA) is 46.5 Å². The summed E-state index contributed by atoms with van der Waals surface area (Å²) in [4.78, 5) is 11.1. The van der Waals surface area contributed by atoms with Gasteiger partial charge in [0.2, 0.25) is 0 Å². The van der Waals surface area contributed by atoms with Crippen LogP contribution in [0.4, 0.5) is 0 Å². The monoisotopic (exact) mass is 202 g/mol. The molecule has 0 aromatic heterocycles. The van der Waals surface area contributed by atoms with E-state index in [9.17, 15) is 9.90 Å². The fourth-order valence-corrected chi connectivity index (χ4v) is 1.17. The normalized spacial score (nSPS) is 24.7. The minimum Gasteiger partial charge on any atom is -0.512 e. The molecule has 0 aliphatic carbocycles. The molecule has 1 atom stereocenters. The summed E-state index contributed by atoms with van der Waals surface area (Å²) in [6.45, 7) is 3.28. The molecule has 72 valence electrons. The molecule has 0 fully saturated rings. The molecule has 0 aromatic carbocycles. The number of hydrogen-bond acceptors (Lipinski definition) is 3. The van der Waals surface area contributed by atoms with E-state index in [2.05, 4.69) is 0 Å². The largest absolute Gasteiger partial charge is 0.512 e. The molecule has 3 nitrogen and oxygen atoms in total. The van der Waals surface area contributed by atoms with Crippen molar-refractivity contribution in [1.29, 1.82) is 0 Å². The molecule has 4 heteroatoms. The number of esters is 1. The number of cyclic esters (lactones) is 1. The second-order valence-corrected chi connectivity index (χ2v) is 3.24. The van der Waals surface area contributed by atoms with E-state index in [-0.39, 0.29) is 11.3 Å². The number of rotatable bonds is 1. The maximum absolute atomic E-state index is 11.1. The van der Waals surface area contributed by atoms with E-state index in [0.29, 0.717) is 6.42 Å². The fourth-order valence-electron chi connectivity index (χ4n) is 1.03. The third kappa shape index (κ3) is 2.04. The molecule has 0 spiro atoms. The lowest BCUT2D eigenvalue weighted by molar-refractivity contribution is -0.144. The maximum Gasteiger partial charge on any atom is 0.337 e. The van der Waals surface area contributed by atoms with Gasteiger partial charge in [-0.3, -0.25) is 0 Å². The van der Waals surface area contributed by atoms with Crippen molar-refractivity contribution in [2.24, 2.45) is 0 Å². The molecule has 1 unspecified atom stereocenters. The van der Waals surface area contributed by atoms with Crippen LogP contribution in [-0.2, 0) is 9.53 Å². The first-order chi connectivity index (χ1) is 6.06. The fraction of sp³-hybridized carbons (Fsp3) is 0.444. The van der Waals surface area contributed by atoms with E-state index in [1.54, 1.807) is 6.92 Å². The van der Waals surface area contributed by atoms with Gasteiger partial charge in [0.1, 0.15) is 11.9 Å². The Labute approximate surface area is 81.6 Å². The Morgan fingerprint density at radius 3 is 2.85 bits per heavy atom. The lowest BCUT2D eigenvalue weighted by atomic mass is 10.0. The van der Waals surface area contributed by atoms with Crippen molar-refractivity contribution >= 4 is 17.6 Å². The zero-order valence-electron chi connectivity index (χ0n) is 7.50. The van der Waals surface area contributed by atoms with Crippen LogP contribution in [0.2, 0.25) is 0 Å². The van der Waals surface area contributed by atoms with E-state index >= 15 is 0 Å². The van der Waals surface area contributed by atoms with Crippen LogP contribution in [0, 0.1) is 0 Å². The third-order valence-electron chi connectivity index (χ3n) is 2.05. The minimum absolute atomic E-state index is 0.0825. The summed E-state index contributed by atoms with van der Waals surface area (Å²) in [6.07, 6.45) is -0.110. The van der Waals surface area contributed by atoms with Crippen molar-refractivity contribution in [1.82, 2.24) is 0 Å². The van der Waals surface area contributed by atoms with Crippen molar-refractivity contribution in [3.8, 4) is 0 Å². The molecule has 0 radical (unpaired) electrons. The molecular formula is C9H11ClO3. The predicted molar refractivity (Wildman–Crippen MR) is 49.4 cm³/mol. The molecule has 1 aliphatic rings. The maximum atomic E-state index is 11.1. The average molecular weight is 203 g/mol. The van der Waals surface area contributed by atoms with Gasteiger partial charge in [0.15, 0.2) is 0 Å². The van der Waals surface area contributed by atoms with Crippen LogP contribution in [0.25, 0.3) is 0 Å². The Kier molecular flexibility index (Phi) is 2.98. The predicted octanol–water partition coefficient (Wildman–Crippen LogP) is 2.28. The smallest absolute Gasteiger partial charge is 0.337 e. The van der Waals surface area contributed by atoms with Crippen LogP contribution in [0.5, 0.6) is 0 Å². The number of aliphatic hydroxyl groups is 1. The molecule has 13 heavy (non-hydrogen) atoms. The van der Waals surface area contributed by atoms with E-state index in [1.807, 2.05) is 0 Å². The number of carbonyl (C=O) groups is 1. The van der Waals surface area contributed by atoms with E-state index in [4.69, 9.17) is 16.3 Å². The van der Waals surface area contributed by atoms with Crippen molar-refractivity contribution < 1.29 is 14.6 Å². The van der Waals surface area contributed by atoms with Crippen LogP contribution < -0.4 is 0 Å². The molecule has 0 amide bonds. The van der Waals surface area contributed by atoms with Gasteiger partial charge in [0.05, 0.1) is 5.57 Å². The number of hydrogen-bond donors (Lipinski definition) is 1. The van der Waals surface area contributed by atoms with Crippen molar-refractivity contribution in [3.05, 3.63) is 22.4 Å². The number of aliphatic hydroxyl groups excluding tert-OH is 1. The zero-order chi connectivity index (χ0) is 10.0. The summed E-state index contributed by atoms with van der Waals surface area (Å²) in [6, 6.07) is 0. The first-order valence-electron chi connectivity index (χ1n) is 3.92. The molecule has 1 aliphatic heterocycles. The summed E-state index contributed by atoms with van der Waals surface area (Å²) in [7, 11) is 0. The quantitative estimate of drug-likeness (QED) is 0.664. The second-order valence-electron chi connectivity index (χ2n) is 3.02. The van der Waals surface area contributed by atoms with E-state index < -0.39 is 12.1 Å². The Morgan fingerprint density at radius 2 is 2.38 bits per heavy atom.